The maximum atomic E-state index is 10.6. The third-order valence-corrected chi connectivity index (χ3v) is 1.31. The predicted octanol–water partition coefficient (Wildman–Crippen LogP) is 1.79. The Morgan fingerprint density at radius 1 is 1.21 bits per heavy atom. The van der Waals surface area contributed by atoms with Gasteiger partial charge in [0.05, 0.1) is 0 Å². The van der Waals surface area contributed by atoms with Crippen molar-refractivity contribution < 1.29 is 19.1 Å². The third kappa shape index (κ3) is 7.34. The molecule has 0 N–H and O–H groups in total. The molecule has 80 valence electrons. The molecule has 0 unspecified atom stereocenters. The van der Waals surface area contributed by atoms with Gasteiger partial charge in [0.15, 0.2) is 0 Å². The van der Waals surface area contributed by atoms with Crippen LogP contribution in [0.5, 0.6) is 0 Å². The molecule has 0 saturated carbocycles. The normalized spacial score (nSPS) is 10.6. The second-order valence-electron chi connectivity index (χ2n) is 2.80. The molecule has 4 nitrogen and oxygen atoms in total. The molecular weight excluding hydrogens is 184 g/mol. The Bertz CT molecular complexity index is 204. The van der Waals surface area contributed by atoms with E-state index in [1.165, 1.54) is 13.8 Å². The van der Waals surface area contributed by atoms with E-state index in [-0.39, 0.29) is 0 Å². The van der Waals surface area contributed by atoms with E-state index in [4.69, 9.17) is 9.47 Å². The molecule has 0 saturated heterocycles. The summed E-state index contributed by atoms with van der Waals surface area (Å²) in [7, 11) is 0. The molecule has 14 heavy (non-hydrogen) atoms. The molecule has 0 amide bonds. The molecule has 0 radical (unpaired) electrons. The van der Waals surface area contributed by atoms with Crippen LogP contribution in [0, 0.1) is 0 Å². The predicted molar refractivity (Wildman–Crippen MR) is 51.4 cm³/mol. The summed E-state index contributed by atoms with van der Waals surface area (Å²) in [5.74, 6) is -0.949. The highest BCUT2D eigenvalue weighted by Crippen LogP contribution is 2.00. The fourth-order valence-electron chi connectivity index (χ4n) is 0.804. The van der Waals surface area contributed by atoms with E-state index >= 15 is 0 Å². The Kier molecular flexibility index (Phi) is 6.45. The molecule has 0 aliphatic rings. The molecule has 0 heterocycles. The molecule has 0 rings (SSSR count). The molecule has 0 bridgehead atoms. The average Bonchev–Trinajstić information content (AvgIpc) is 2.02. The van der Waals surface area contributed by atoms with Gasteiger partial charge >= 0.3 is 11.9 Å². The van der Waals surface area contributed by atoms with Crippen molar-refractivity contribution in [2.45, 2.75) is 39.9 Å². The third-order valence-electron chi connectivity index (χ3n) is 1.31. The second kappa shape index (κ2) is 7.12. The highest BCUT2D eigenvalue weighted by Gasteiger charge is 2.10. The van der Waals surface area contributed by atoms with Crippen LogP contribution in [0.25, 0.3) is 0 Å². The number of carbonyl (C=O) groups is 2. The number of esters is 2. The molecule has 0 aromatic heterocycles. The van der Waals surface area contributed by atoms with Crippen molar-refractivity contribution >= 4 is 11.9 Å². The number of ether oxygens (including phenoxy) is 2. The average molecular weight is 200 g/mol. The van der Waals surface area contributed by atoms with Gasteiger partial charge in [-0.25, -0.2) is 0 Å². The van der Waals surface area contributed by atoms with E-state index in [1.807, 2.05) is 13.0 Å². The zero-order chi connectivity index (χ0) is 11.0. The summed E-state index contributed by atoms with van der Waals surface area (Å²) >= 11 is 0. The summed E-state index contributed by atoms with van der Waals surface area (Å²) in [4.78, 5) is 21.2. The number of unbranched alkanes of at least 4 members (excludes halogenated alkanes) is 1. The zero-order valence-electron chi connectivity index (χ0n) is 8.78. The van der Waals surface area contributed by atoms with Crippen LogP contribution in [0.1, 0.15) is 33.6 Å². The quantitative estimate of drug-likeness (QED) is 0.385. The first-order valence-electron chi connectivity index (χ1n) is 4.57. The topological polar surface area (TPSA) is 52.6 Å². The van der Waals surface area contributed by atoms with Crippen molar-refractivity contribution in [3.8, 4) is 0 Å². The fraction of sp³-hybridized carbons (Fsp3) is 0.600. The maximum Gasteiger partial charge on any atom is 0.305 e. The first-order valence-corrected chi connectivity index (χ1v) is 4.57. The van der Waals surface area contributed by atoms with Gasteiger partial charge in [-0.05, 0) is 12.5 Å². The molecule has 0 aliphatic heterocycles. The largest absolute Gasteiger partial charge is 0.421 e. The van der Waals surface area contributed by atoms with Gasteiger partial charge in [-0.1, -0.05) is 19.4 Å². The van der Waals surface area contributed by atoms with E-state index < -0.39 is 18.2 Å². The lowest BCUT2D eigenvalue weighted by Crippen LogP contribution is -2.20. The summed E-state index contributed by atoms with van der Waals surface area (Å²) in [5, 5.41) is 0. The van der Waals surface area contributed by atoms with Crippen molar-refractivity contribution in [3.63, 3.8) is 0 Å². The van der Waals surface area contributed by atoms with E-state index in [9.17, 15) is 9.59 Å². The number of hydrogen-bond acceptors (Lipinski definition) is 4. The lowest BCUT2D eigenvalue weighted by atomic mass is 10.3. The standard InChI is InChI=1S/C10H16O4/c1-4-5-6-7-10(13-8(2)11)14-9(3)12/h6-7,10H,4-5H2,1-3H3/b7-6+. The minimum absolute atomic E-state index is 0.475. The Labute approximate surface area is 83.9 Å². The Morgan fingerprint density at radius 3 is 2.07 bits per heavy atom. The first kappa shape index (κ1) is 12.7. The van der Waals surface area contributed by atoms with E-state index in [1.54, 1.807) is 6.08 Å². The number of rotatable bonds is 5. The monoisotopic (exact) mass is 200 g/mol. The summed E-state index contributed by atoms with van der Waals surface area (Å²) in [6, 6.07) is 0. The van der Waals surface area contributed by atoms with E-state index in [0.29, 0.717) is 0 Å². The van der Waals surface area contributed by atoms with Gasteiger partial charge in [0, 0.05) is 13.8 Å². The van der Waals surface area contributed by atoms with Gasteiger partial charge in [-0.3, -0.25) is 9.59 Å². The van der Waals surface area contributed by atoms with Crippen LogP contribution >= 0.6 is 0 Å². The van der Waals surface area contributed by atoms with Crippen molar-refractivity contribution in [3.05, 3.63) is 12.2 Å². The Hall–Kier alpha value is -1.32. The van der Waals surface area contributed by atoms with Crippen LogP contribution in [-0.4, -0.2) is 18.2 Å². The van der Waals surface area contributed by atoms with Gasteiger partial charge in [0.25, 0.3) is 6.29 Å². The van der Waals surface area contributed by atoms with E-state index in [2.05, 4.69) is 0 Å². The highest BCUT2D eigenvalue weighted by molar-refractivity contribution is 5.68. The summed E-state index contributed by atoms with van der Waals surface area (Å²) in [6.45, 7) is 4.56. The highest BCUT2D eigenvalue weighted by atomic mass is 16.7. The number of allylic oxidation sites excluding steroid dienone is 1. The van der Waals surface area contributed by atoms with Crippen LogP contribution in [0.2, 0.25) is 0 Å². The van der Waals surface area contributed by atoms with Crippen molar-refractivity contribution in [2.75, 3.05) is 0 Å². The molecule has 4 heteroatoms. The molecule has 0 fully saturated rings. The smallest absolute Gasteiger partial charge is 0.305 e. The SMILES string of the molecule is CCC/C=C/C(OC(C)=O)OC(C)=O. The number of hydrogen-bond donors (Lipinski definition) is 0. The lowest BCUT2D eigenvalue weighted by molar-refractivity contribution is -0.176. The van der Waals surface area contributed by atoms with Gasteiger partial charge in [0.1, 0.15) is 0 Å². The van der Waals surface area contributed by atoms with Gasteiger partial charge in [-0.15, -0.1) is 0 Å². The van der Waals surface area contributed by atoms with E-state index in [0.717, 1.165) is 12.8 Å². The van der Waals surface area contributed by atoms with Crippen LogP contribution in [0.3, 0.4) is 0 Å². The van der Waals surface area contributed by atoms with Crippen LogP contribution in [0.4, 0.5) is 0 Å². The van der Waals surface area contributed by atoms with Gasteiger partial charge in [0.2, 0.25) is 0 Å². The van der Waals surface area contributed by atoms with Crippen LogP contribution in [-0.2, 0) is 19.1 Å². The van der Waals surface area contributed by atoms with Crippen molar-refractivity contribution in [1.29, 1.82) is 0 Å². The molecule has 0 aromatic carbocycles. The zero-order valence-corrected chi connectivity index (χ0v) is 8.78. The van der Waals surface area contributed by atoms with Crippen LogP contribution < -0.4 is 0 Å². The lowest BCUT2D eigenvalue weighted by Gasteiger charge is -2.12. The van der Waals surface area contributed by atoms with Crippen molar-refractivity contribution in [1.82, 2.24) is 0 Å². The van der Waals surface area contributed by atoms with Gasteiger partial charge < -0.3 is 9.47 Å². The van der Waals surface area contributed by atoms with Crippen molar-refractivity contribution in [2.24, 2.45) is 0 Å². The summed E-state index contributed by atoms with van der Waals surface area (Å²) in [6.07, 6.45) is 4.34. The number of carbonyl (C=O) groups excluding carboxylic acids is 2. The molecule has 0 atom stereocenters. The first-order chi connectivity index (χ1) is 6.56. The summed E-state index contributed by atoms with van der Waals surface area (Å²) in [5.41, 5.74) is 0. The Morgan fingerprint density at radius 2 is 1.71 bits per heavy atom. The Balaban J connectivity index is 4.09. The molecule has 0 aromatic rings. The fourth-order valence-corrected chi connectivity index (χ4v) is 0.804. The minimum atomic E-state index is -0.892. The minimum Gasteiger partial charge on any atom is -0.421 e. The van der Waals surface area contributed by atoms with Gasteiger partial charge in [-0.2, -0.15) is 0 Å². The maximum absolute atomic E-state index is 10.6. The summed E-state index contributed by atoms with van der Waals surface area (Å²) < 4.78 is 9.48. The molecule has 0 aliphatic carbocycles. The van der Waals surface area contributed by atoms with Crippen LogP contribution in [0.15, 0.2) is 12.2 Å². The molecular formula is C10H16O4. The molecule has 0 spiro atoms. The second-order valence-corrected chi connectivity index (χ2v) is 2.80.